The van der Waals surface area contributed by atoms with Crippen LogP contribution in [-0.4, -0.2) is 21.2 Å². The fraction of sp³-hybridized carbons (Fsp3) is 0.600. The van der Waals surface area contributed by atoms with E-state index in [9.17, 15) is 8.42 Å². The van der Waals surface area contributed by atoms with Crippen LogP contribution in [0.2, 0.25) is 0 Å². The zero-order valence-electron chi connectivity index (χ0n) is 12.1. The van der Waals surface area contributed by atoms with Crippen LogP contribution >= 0.6 is 0 Å². The van der Waals surface area contributed by atoms with E-state index in [-0.39, 0.29) is 0 Å². The summed E-state index contributed by atoms with van der Waals surface area (Å²) in [6, 6.07) is 7.42. The fourth-order valence-electron chi connectivity index (χ4n) is 2.80. The molecule has 0 spiro atoms. The summed E-state index contributed by atoms with van der Waals surface area (Å²) in [4.78, 5) is 0. The molecule has 0 heterocycles. The van der Waals surface area contributed by atoms with Gasteiger partial charge in [0.05, 0.1) is 11.9 Å². The molecule has 0 unspecified atom stereocenters. The molecule has 1 aromatic carbocycles. The Hall–Kier alpha value is -1.23. The molecule has 4 nitrogen and oxygen atoms in total. The van der Waals surface area contributed by atoms with Crippen molar-refractivity contribution in [3.63, 3.8) is 0 Å². The molecule has 0 bridgehead atoms. The van der Waals surface area contributed by atoms with Crippen molar-refractivity contribution in [2.75, 3.05) is 22.8 Å². The zero-order valence-corrected chi connectivity index (χ0v) is 12.9. The summed E-state index contributed by atoms with van der Waals surface area (Å²) in [6.45, 7) is 0.951. The van der Waals surface area contributed by atoms with Crippen molar-refractivity contribution >= 4 is 21.4 Å². The minimum absolute atomic E-state index is 0.607. The van der Waals surface area contributed by atoms with Gasteiger partial charge >= 0.3 is 0 Å². The van der Waals surface area contributed by atoms with Crippen molar-refractivity contribution in [2.24, 2.45) is 5.92 Å². The Labute approximate surface area is 122 Å². The highest BCUT2D eigenvalue weighted by Gasteiger charge is 2.12. The van der Waals surface area contributed by atoms with Crippen molar-refractivity contribution in [1.82, 2.24) is 0 Å². The zero-order chi connectivity index (χ0) is 14.4. The van der Waals surface area contributed by atoms with Gasteiger partial charge in [0.25, 0.3) is 0 Å². The van der Waals surface area contributed by atoms with Gasteiger partial charge in [0.1, 0.15) is 0 Å². The maximum Gasteiger partial charge on any atom is 0.229 e. The monoisotopic (exact) mass is 296 g/mol. The van der Waals surface area contributed by atoms with Gasteiger partial charge < -0.3 is 5.32 Å². The van der Waals surface area contributed by atoms with E-state index >= 15 is 0 Å². The van der Waals surface area contributed by atoms with Gasteiger partial charge in [-0.3, -0.25) is 4.72 Å². The largest absolute Gasteiger partial charge is 0.385 e. The number of anilines is 2. The Morgan fingerprint density at radius 3 is 2.55 bits per heavy atom. The number of benzene rings is 1. The summed E-state index contributed by atoms with van der Waals surface area (Å²) in [7, 11) is -3.21. The van der Waals surface area contributed by atoms with Gasteiger partial charge in [-0.1, -0.05) is 38.2 Å². The van der Waals surface area contributed by atoms with Gasteiger partial charge in [-0.25, -0.2) is 8.42 Å². The van der Waals surface area contributed by atoms with E-state index in [1.54, 1.807) is 6.07 Å². The Balaban J connectivity index is 1.81. The van der Waals surface area contributed by atoms with E-state index in [0.717, 1.165) is 24.4 Å². The number of hydrogen-bond donors (Lipinski definition) is 2. The molecule has 5 heteroatoms. The molecule has 1 aliphatic carbocycles. The first-order valence-electron chi connectivity index (χ1n) is 7.35. The quantitative estimate of drug-likeness (QED) is 0.845. The minimum atomic E-state index is -3.21. The van der Waals surface area contributed by atoms with Gasteiger partial charge in [-0.15, -0.1) is 0 Å². The van der Waals surface area contributed by atoms with Crippen LogP contribution in [0.25, 0.3) is 0 Å². The lowest BCUT2D eigenvalue weighted by Gasteiger charge is -2.21. The normalized spacial score (nSPS) is 16.9. The SMILES string of the molecule is CS(=O)(=O)Nc1cccc(NCCC2CCCCC2)c1. The minimum Gasteiger partial charge on any atom is -0.385 e. The lowest BCUT2D eigenvalue weighted by molar-refractivity contribution is 0.345. The Kier molecular flexibility index (Phi) is 5.29. The van der Waals surface area contributed by atoms with Crippen molar-refractivity contribution in [3.05, 3.63) is 24.3 Å². The van der Waals surface area contributed by atoms with Gasteiger partial charge in [-0.05, 0) is 30.5 Å². The third-order valence-electron chi connectivity index (χ3n) is 3.77. The molecule has 1 fully saturated rings. The van der Waals surface area contributed by atoms with Crippen LogP contribution in [0.4, 0.5) is 11.4 Å². The standard InChI is InChI=1S/C15H24N2O2S/c1-20(18,19)17-15-9-5-8-14(12-15)16-11-10-13-6-3-2-4-7-13/h5,8-9,12-13,16-17H,2-4,6-7,10-11H2,1H3. The van der Waals surface area contributed by atoms with Gasteiger partial charge in [0.2, 0.25) is 10.0 Å². The average Bonchev–Trinajstić information content (AvgIpc) is 2.38. The average molecular weight is 296 g/mol. The number of nitrogens with one attached hydrogen (secondary N) is 2. The summed E-state index contributed by atoms with van der Waals surface area (Å²) in [5, 5.41) is 3.38. The van der Waals surface area contributed by atoms with Crippen molar-refractivity contribution < 1.29 is 8.42 Å². The number of rotatable bonds is 6. The highest BCUT2D eigenvalue weighted by atomic mass is 32.2. The molecule has 1 aliphatic rings. The highest BCUT2D eigenvalue weighted by Crippen LogP contribution is 2.26. The molecule has 1 aromatic rings. The third-order valence-corrected chi connectivity index (χ3v) is 4.38. The molecule has 20 heavy (non-hydrogen) atoms. The summed E-state index contributed by atoms with van der Waals surface area (Å²) < 4.78 is 24.9. The smallest absolute Gasteiger partial charge is 0.229 e. The molecule has 0 atom stereocenters. The van der Waals surface area contributed by atoms with Gasteiger partial charge in [-0.2, -0.15) is 0 Å². The number of hydrogen-bond acceptors (Lipinski definition) is 3. The van der Waals surface area contributed by atoms with Gasteiger partial charge in [0.15, 0.2) is 0 Å². The van der Waals surface area contributed by atoms with Crippen LogP contribution in [0.15, 0.2) is 24.3 Å². The van der Waals surface area contributed by atoms with Crippen LogP contribution in [-0.2, 0) is 10.0 Å². The van der Waals surface area contributed by atoms with E-state index in [1.165, 1.54) is 38.5 Å². The third kappa shape index (κ3) is 5.41. The summed E-state index contributed by atoms with van der Waals surface area (Å²) >= 11 is 0. The van der Waals surface area contributed by atoms with Crippen LogP contribution < -0.4 is 10.0 Å². The second-order valence-corrected chi connectivity index (χ2v) is 7.42. The second-order valence-electron chi connectivity index (χ2n) is 5.67. The van der Waals surface area contributed by atoms with Crippen LogP contribution in [0.3, 0.4) is 0 Å². The maximum atomic E-state index is 11.2. The lowest BCUT2D eigenvalue weighted by atomic mass is 9.87. The van der Waals surface area contributed by atoms with E-state index in [0.29, 0.717) is 5.69 Å². The molecule has 0 radical (unpaired) electrons. The Morgan fingerprint density at radius 1 is 1.15 bits per heavy atom. The molecule has 1 saturated carbocycles. The maximum absolute atomic E-state index is 11.2. The van der Waals surface area contributed by atoms with E-state index in [4.69, 9.17) is 0 Å². The van der Waals surface area contributed by atoms with Gasteiger partial charge in [0, 0.05) is 12.2 Å². The molecule has 2 N–H and O–H groups in total. The molecule has 2 rings (SSSR count). The van der Waals surface area contributed by atoms with Crippen LogP contribution in [0.1, 0.15) is 38.5 Å². The molecule has 0 aliphatic heterocycles. The molecular weight excluding hydrogens is 272 g/mol. The Bertz CT molecular complexity index is 522. The first-order chi connectivity index (χ1) is 9.53. The fourth-order valence-corrected chi connectivity index (χ4v) is 3.36. The van der Waals surface area contributed by atoms with E-state index in [1.807, 2.05) is 18.2 Å². The topological polar surface area (TPSA) is 58.2 Å². The lowest BCUT2D eigenvalue weighted by Crippen LogP contribution is -2.12. The van der Waals surface area contributed by atoms with E-state index < -0.39 is 10.0 Å². The molecular formula is C15H24N2O2S. The summed E-state index contributed by atoms with van der Waals surface area (Å²) in [5.74, 6) is 0.855. The second kappa shape index (κ2) is 6.97. The molecule has 0 saturated heterocycles. The van der Waals surface area contributed by atoms with Crippen LogP contribution in [0, 0.1) is 5.92 Å². The predicted molar refractivity (Wildman–Crippen MR) is 84.6 cm³/mol. The van der Waals surface area contributed by atoms with Crippen molar-refractivity contribution in [3.8, 4) is 0 Å². The van der Waals surface area contributed by atoms with E-state index in [2.05, 4.69) is 10.0 Å². The molecule has 0 aromatic heterocycles. The highest BCUT2D eigenvalue weighted by molar-refractivity contribution is 7.92. The molecule has 0 amide bonds. The van der Waals surface area contributed by atoms with Crippen molar-refractivity contribution in [1.29, 1.82) is 0 Å². The predicted octanol–water partition coefficient (Wildman–Crippen LogP) is 3.44. The number of sulfonamides is 1. The van der Waals surface area contributed by atoms with Crippen LogP contribution in [0.5, 0.6) is 0 Å². The van der Waals surface area contributed by atoms with Crippen molar-refractivity contribution in [2.45, 2.75) is 38.5 Å². The summed E-state index contributed by atoms with van der Waals surface area (Å²) in [6.07, 6.45) is 9.22. The summed E-state index contributed by atoms with van der Waals surface area (Å²) in [5.41, 5.74) is 1.57. The molecule has 112 valence electrons. The Morgan fingerprint density at radius 2 is 1.85 bits per heavy atom. The first-order valence-corrected chi connectivity index (χ1v) is 9.24. The first kappa shape index (κ1) is 15.2.